The first kappa shape index (κ1) is 18.6. The van der Waals surface area contributed by atoms with E-state index in [1.165, 1.54) is 12.1 Å². The van der Waals surface area contributed by atoms with Gasteiger partial charge in [-0.05, 0) is 48.9 Å². The van der Waals surface area contributed by atoms with Crippen LogP contribution in [0.2, 0.25) is 0 Å². The molecule has 1 amide bonds. The highest BCUT2D eigenvalue weighted by Crippen LogP contribution is 2.18. The molecule has 0 saturated carbocycles. The van der Waals surface area contributed by atoms with Crippen LogP contribution in [0.3, 0.4) is 0 Å². The second kappa shape index (κ2) is 7.61. The topological polar surface area (TPSA) is 41.4 Å². The van der Waals surface area contributed by atoms with Gasteiger partial charge in [-0.25, -0.2) is 9.07 Å². The molecule has 0 aliphatic carbocycles. The van der Waals surface area contributed by atoms with Crippen molar-refractivity contribution in [2.75, 3.05) is 26.0 Å². The van der Waals surface area contributed by atoms with Crippen LogP contribution >= 0.6 is 0 Å². The lowest BCUT2D eigenvalue weighted by Gasteiger charge is -2.18. The van der Waals surface area contributed by atoms with Gasteiger partial charge in [-0.3, -0.25) is 4.79 Å². The van der Waals surface area contributed by atoms with Crippen molar-refractivity contribution in [3.05, 3.63) is 77.4 Å². The van der Waals surface area contributed by atoms with Crippen LogP contribution in [0.25, 0.3) is 5.69 Å². The summed E-state index contributed by atoms with van der Waals surface area (Å²) in [6, 6.07) is 14.1. The van der Waals surface area contributed by atoms with Gasteiger partial charge in [0.15, 0.2) is 0 Å². The van der Waals surface area contributed by atoms with Gasteiger partial charge in [0.2, 0.25) is 0 Å². The molecule has 6 heteroatoms. The maximum absolute atomic E-state index is 13.1. The lowest BCUT2D eigenvalue weighted by molar-refractivity contribution is 0.0784. The van der Waals surface area contributed by atoms with Crippen LogP contribution in [-0.2, 0) is 6.54 Å². The number of benzene rings is 2. The Balaban J connectivity index is 1.76. The molecular weight excluding hydrogens is 343 g/mol. The second-order valence-electron chi connectivity index (χ2n) is 6.75. The Bertz CT molecular complexity index is 930. The quantitative estimate of drug-likeness (QED) is 0.692. The molecule has 0 radical (unpaired) electrons. The summed E-state index contributed by atoms with van der Waals surface area (Å²) >= 11 is 0. The molecule has 1 aromatic heterocycles. The standard InChI is InChI=1S/C21H23FN4O/c1-15-20(13-23-26(15)19-11-7-17(22)8-12-19)21(27)25(4)14-16-5-9-18(10-6-16)24(2)3/h5-13H,14H2,1-4H3. The highest BCUT2D eigenvalue weighted by Gasteiger charge is 2.19. The third-order valence-corrected chi connectivity index (χ3v) is 4.53. The van der Waals surface area contributed by atoms with Crippen molar-refractivity contribution in [1.29, 1.82) is 0 Å². The van der Waals surface area contributed by atoms with Crippen molar-refractivity contribution in [2.24, 2.45) is 0 Å². The smallest absolute Gasteiger partial charge is 0.257 e. The first-order chi connectivity index (χ1) is 12.9. The van der Waals surface area contributed by atoms with E-state index in [1.807, 2.05) is 50.2 Å². The van der Waals surface area contributed by atoms with E-state index < -0.39 is 0 Å². The zero-order chi connectivity index (χ0) is 19.6. The highest BCUT2D eigenvalue weighted by molar-refractivity contribution is 5.95. The average Bonchev–Trinajstić information content (AvgIpc) is 3.03. The maximum Gasteiger partial charge on any atom is 0.257 e. The van der Waals surface area contributed by atoms with Gasteiger partial charge in [-0.1, -0.05) is 12.1 Å². The Morgan fingerprint density at radius 1 is 1.04 bits per heavy atom. The van der Waals surface area contributed by atoms with Gasteiger partial charge < -0.3 is 9.80 Å². The fourth-order valence-corrected chi connectivity index (χ4v) is 2.91. The molecule has 0 fully saturated rings. The molecule has 0 unspecified atom stereocenters. The fraction of sp³-hybridized carbons (Fsp3) is 0.238. The SMILES string of the molecule is Cc1c(C(=O)N(C)Cc2ccc(N(C)C)cc2)cnn1-c1ccc(F)cc1. The van der Waals surface area contributed by atoms with Gasteiger partial charge >= 0.3 is 0 Å². The van der Waals surface area contributed by atoms with Gasteiger partial charge in [0, 0.05) is 33.4 Å². The minimum atomic E-state index is -0.306. The molecule has 3 rings (SSSR count). The largest absolute Gasteiger partial charge is 0.378 e. The van der Waals surface area contributed by atoms with E-state index in [2.05, 4.69) is 5.10 Å². The summed E-state index contributed by atoms with van der Waals surface area (Å²) < 4.78 is 14.8. The Morgan fingerprint density at radius 2 is 1.67 bits per heavy atom. The summed E-state index contributed by atoms with van der Waals surface area (Å²) in [5.74, 6) is -0.405. The van der Waals surface area contributed by atoms with Crippen molar-refractivity contribution < 1.29 is 9.18 Å². The first-order valence-electron chi connectivity index (χ1n) is 8.69. The van der Waals surface area contributed by atoms with E-state index in [-0.39, 0.29) is 11.7 Å². The third-order valence-electron chi connectivity index (χ3n) is 4.53. The molecule has 0 aliphatic heterocycles. The molecule has 0 atom stereocenters. The minimum Gasteiger partial charge on any atom is -0.378 e. The number of rotatable bonds is 5. The lowest BCUT2D eigenvalue weighted by Crippen LogP contribution is -2.26. The molecule has 140 valence electrons. The molecular formula is C21H23FN4O. The molecule has 0 aliphatic rings. The number of anilines is 1. The zero-order valence-electron chi connectivity index (χ0n) is 16.0. The van der Waals surface area contributed by atoms with Crippen LogP contribution in [0.4, 0.5) is 10.1 Å². The van der Waals surface area contributed by atoms with Crippen molar-refractivity contribution >= 4 is 11.6 Å². The van der Waals surface area contributed by atoms with E-state index in [4.69, 9.17) is 0 Å². The highest BCUT2D eigenvalue weighted by atomic mass is 19.1. The molecule has 2 aromatic carbocycles. The minimum absolute atomic E-state index is 0.0995. The van der Waals surface area contributed by atoms with Gasteiger partial charge in [0.25, 0.3) is 5.91 Å². The lowest BCUT2D eigenvalue weighted by atomic mass is 10.1. The van der Waals surface area contributed by atoms with E-state index in [0.29, 0.717) is 12.1 Å². The monoisotopic (exact) mass is 366 g/mol. The summed E-state index contributed by atoms with van der Waals surface area (Å²) in [6.45, 7) is 2.34. The zero-order valence-corrected chi connectivity index (χ0v) is 16.0. The molecule has 1 heterocycles. The number of carbonyl (C=O) groups excluding carboxylic acids is 1. The van der Waals surface area contributed by atoms with Crippen LogP contribution in [-0.4, -0.2) is 41.7 Å². The maximum atomic E-state index is 13.1. The number of carbonyl (C=O) groups is 1. The number of hydrogen-bond donors (Lipinski definition) is 0. The predicted octanol–water partition coefficient (Wildman–Crippen LogP) is 3.66. The Kier molecular flexibility index (Phi) is 5.26. The molecule has 0 spiro atoms. The fourth-order valence-electron chi connectivity index (χ4n) is 2.91. The van der Waals surface area contributed by atoms with Gasteiger partial charge in [0.05, 0.1) is 23.1 Å². The predicted molar refractivity (Wildman–Crippen MR) is 105 cm³/mol. The Morgan fingerprint density at radius 3 is 2.26 bits per heavy atom. The summed E-state index contributed by atoms with van der Waals surface area (Å²) in [4.78, 5) is 16.6. The van der Waals surface area contributed by atoms with Crippen LogP contribution in [0, 0.1) is 12.7 Å². The summed E-state index contributed by atoms with van der Waals surface area (Å²) in [5, 5.41) is 4.30. The van der Waals surface area contributed by atoms with Gasteiger partial charge in [-0.15, -0.1) is 0 Å². The number of halogens is 1. The van der Waals surface area contributed by atoms with Crippen molar-refractivity contribution in [3.63, 3.8) is 0 Å². The van der Waals surface area contributed by atoms with E-state index >= 15 is 0 Å². The third kappa shape index (κ3) is 4.00. The van der Waals surface area contributed by atoms with E-state index in [9.17, 15) is 9.18 Å². The van der Waals surface area contributed by atoms with Crippen LogP contribution in [0.15, 0.2) is 54.7 Å². The number of amides is 1. The van der Waals surface area contributed by atoms with E-state index in [0.717, 1.165) is 22.6 Å². The summed E-state index contributed by atoms with van der Waals surface area (Å²) in [6.07, 6.45) is 1.56. The Labute approximate surface area is 158 Å². The molecule has 0 N–H and O–H groups in total. The van der Waals surface area contributed by atoms with Crippen molar-refractivity contribution in [2.45, 2.75) is 13.5 Å². The first-order valence-corrected chi connectivity index (χ1v) is 8.69. The van der Waals surface area contributed by atoms with Crippen LogP contribution < -0.4 is 4.90 Å². The normalized spacial score (nSPS) is 10.7. The molecule has 0 saturated heterocycles. The van der Waals surface area contributed by atoms with Crippen LogP contribution in [0.1, 0.15) is 21.6 Å². The van der Waals surface area contributed by atoms with Gasteiger partial charge in [0.1, 0.15) is 5.82 Å². The second-order valence-corrected chi connectivity index (χ2v) is 6.75. The van der Waals surface area contributed by atoms with Crippen molar-refractivity contribution in [3.8, 4) is 5.69 Å². The molecule has 0 bridgehead atoms. The summed E-state index contributed by atoms with van der Waals surface area (Å²) in [5.41, 5.74) is 4.15. The van der Waals surface area contributed by atoms with Gasteiger partial charge in [-0.2, -0.15) is 5.10 Å². The average molecular weight is 366 g/mol. The summed E-state index contributed by atoms with van der Waals surface area (Å²) in [7, 11) is 5.76. The Hall–Kier alpha value is -3.15. The molecule has 3 aromatic rings. The van der Waals surface area contributed by atoms with Crippen LogP contribution in [0.5, 0.6) is 0 Å². The number of aromatic nitrogens is 2. The van der Waals surface area contributed by atoms with E-state index in [1.54, 1.807) is 35.0 Å². The van der Waals surface area contributed by atoms with Crippen molar-refractivity contribution in [1.82, 2.24) is 14.7 Å². The number of hydrogen-bond acceptors (Lipinski definition) is 3. The molecule has 27 heavy (non-hydrogen) atoms. The number of nitrogens with zero attached hydrogens (tertiary/aromatic N) is 4. The molecule has 5 nitrogen and oxygen atoms in total.